The van der Waals surface area contributed by atoms with Gasteiger partial charge in [0.2, 0.25) is 6.71 Å². The van der Waals surface area contributed by atoms with Gasteiger partial charge in [-0.2, -0.15) is 0 Å². The molecule has 2 aliphatic rings. The Kier molecular flexibility index (Phi) is 9.58. The summed E-state index contributed by atoms with van der Waals surface area (Å²) in [5.74, 6) is 0. The number of para-hydroxylation sites is 3. The van der Waals surface area contributed by atoms with E-state index in [9.17, 15) is 0 Å². The van der Waals surface area contributed by atoms with Crippen LogP contribution in [0.15, 0.2) is 279 Å². The fraction of sp³-hybridized carbons (Fsp3) is 0.0143. The van der Waals surface area contributed by atoms with Crippen LogP contribution in [0.1, 0.15) is 22.3 Å². The first-order chi connectivity index (χ1) is 36.8. The van der Waals surface area contributed by atoms with Crippen LogP contribution < -0.4 is 21.3 Å². The summed E-state index contributed by atoms with van der Waals surface area (Å²) < 4.78 is 2.42. The molecule has 0 saturated carbocycles. The van der Waals surface area contributed by atoms with Gasteiger partial charge in [0, 0.05) is 11.1 Å². The van der Waals surface area contributed by atoms with E-state index < -0.39 is 5.41 Å². The van der Waals surface area contributed by atoms with Gasteiger partial charge in [-0.15, -0.1) is 0 Å². The van der Waals surface area contributed by atoms with Gasteiger partial charge < -0.3 is 9.47 Å². The summed E-state index contributed by atoms with van der Waals surface area (Å²) in [5.41, 5.74) is 23.3. The van der Waals surface area contributed by atoms with Crippen molar-refractivity contribution >= 4 is 72.9 Å². The summed E-state index contributed by atoms with van der Waals surface area (Å²) in [6.07, 6.45) is 2.10. The fourth-order valence-corrected chi connectivity index (χ4v) is 13.0. The molecule has 0 spiro atoms. The molecule has 0 aliphatic carbocycles. The number of rotatable bonds is 7. The second-order valence-electron chi connectivity index (χ2n) is 19.7. The van der Waals surface area contributed by atoms with Crippen LogP contribution in [0.2, 0.25) is 0 Å². The third kappa shape index (κ3) is 6.18. The quantitative estimate of drug-likeness (QED) is 0.149. The molecule has 3 nitrogen and oxygen atoms in total. The minimum atomic E-state index is -0.566. The number of anilines is 3. The van der Waals surface area contributed by atoms with Crippen LogP contribution in [0.5, 0.6) is 0 Å². The van der Waals surface area contributed by atoms with Crippen LogP contribution in [-0.4, -0.2) is 16.3 Å². The Bertz CT molecular complexity index is 4210. The average molecular weight is 940 g/mol. The minimum absolute atomic E-state index is 0.0640. The van der Waals surface area contributed by atoms with E-state index in [2.05, 4.69) is 289 Å². The summed E-state index contributed by atoms with van der Waals surface area (Å²) in [6.45, 7) is -0.0640. The van der Waals surface area contributed by atoms with Crippen LogP contribution in [0.3, 0.4) is 0 Å². The molecule has 2 aromatic heterocycles. The molecule has 11 aromatic carbocycles. The first kappa shape index (κ1) is 42.2. The van der Waals surface area contributed by atoms with Gasteiger partial charge in [0.25, 0.3) is 0 Å². The molecule has 0 atom stereocenters. The summed E-state index contributed by atoms with van der Waals surface area (Å²) >= 11 is 0. The average Bonchev–Trinajstić information content (AvgIpc) is 4.01. The topological polar surface area (TPSA) is 21.1 Å². The highest BCUT2D eigenvalue weighted by Gasteiger charge is 2.46. The van der Waals surface area contributed by atoms with E-state index in [1.54, 1.807) is 0 Å². The van der Waals surface area contributed by atoms with E-state index in [0.29, 0.717) is 0 Å². The van der Waals surface area contributed by atoms with Gasteiger partial charge >= 0.3 is 0 Å². The van der Waals surface area contributed by atoms with E-state index in [4.69, 9.17) is 4.98 Å². The van der Waals surface area contributed by atoms with E-state index >= 15 is 0 Å². The Morgan fingerprint density at radius 1 is 0.378 bits per heavy atom. The van der Waals surface area contributed by atoms with Crippen molar-refractivity contribution in [3.63, 3.8) is 0 Å². The molecule has 2 aliphatic heterocycles. The van der Waals surface area contributed by atoms with Crippen molar-refractivity contribution in [2.24, 2.45) is 0 Å². The first-order valence-electron chi connectivity index (χ1n) is 25.7. The number of benzene rings is 11. The molecule has 74 heavy (non-hydrogen) atoms. The molecule has 0 N–H and O–H groups in total. The number of pyridine rings is 1. The molecule has 344 valence electrons. The third-order valence-corrected chi connectivity index (χ3v) is 15.9. The molecule has 0 radical (unpaired) electrons. The Morgan fingerprint density at radius 2 is 0.946 bits per heavy atom. The standard InChI is InChI=1S/C70H46BN3/c1-6-23-47(24-7-1)56-35-22-36-57-58-43-49-27-16-17-34-55(49)66(48-25-8-2-9-26-48)68(58)71(67(56)57)52-41-42-62-59(44-52)69-65(73(62)53-32-14-5-15-33-53)45-54(46-72-69)74-63-39-20-18-37-60(63)70(50-28-10-3-11-29-50,51-30-12-4-13-31-51)61-38-19-21-40-64(61)74/h1-46H. The molecular formula is C70H46BN3. The lowest BCUT2D eigenvalue weighted by Crippen LogP contribution is -2.50. The largest absolute Gasteiger partial charge is 0.308 e. The highest BCUT2D eigenvalue weighted by molar-refractivity contribution is 7.01. The van der Waals surface area contributed by atoms with Crippen LogP contribution in [0.25, 0.3) is 71.8 Å². The number of hydrogen-bond donors (Lipinski definition) is 0. The third-order valence-electron chi connectivity index (χ3n) is 15.9. The number of hydrogen-bond acceptors (Lipinski definition) is 2. The lowest BCUT2D eigenvalue weighted by molar-refractivity contribution is 0.731. The highest BCUT2D eigenvalue weighted by Crippen LogP contribution is 2.57. The van der Waals surface area contributed by atoms with E-state index in [1.165, 1.54) is 82.8 Å². The monoisotopic (exact) mass is 939 g/mol. The minimum Gasteiger partial charge on any atom is -0.308 e. The Balaban J connectivity index is 0.983. The molecule has 0 unspecified atom stereocenters. The second-order valence-corrected chi connectivity index (χ2v) is 19.7. The number of fused-ring (bicyclic) bond motifs is 9. The summed E-state index contributed by atoms with van der Waals surface area (Å²) in [4.78, 5) is 8.03. The van der Waals surface area contributed by atoms with Crippen molar-refractivity contribution < 1.29 is 0 Å². The Hall–Kier alpha value is -9.51. The van der Waals surface area contributed by atoms with Crippen LogP contribution in [0.4, 0.5) is 17.1 Å². The van der Waals surface area contributed by atoms with Gasteiger partial charge in [0.05, 0.1) is 45.2 Å². The zero-order valence-electron chi connectivity index (χ0n) is 40.5. The number of nitrogens with zero attached hydrogens (tertiary/aromatic N) is 3. The highest BCUT2D eigenvalue weighted by atomic mass is 15.2. The molecule has 0 bridgehead atoms. The predicted octanol–water partition coefficient (Wildman–Crippen LogP) is 15.3. The van der Waals surface area contributed by atoms with Crippen molar-refractivity contribution in [2.45, 2.75) is 5.41 Å². The summed E-state index contributed by atoms with van der Waals surface area (Å²) in [7, 11) is 0. The Morgan fingerprint density at radius 3 is 1.62 bits per heavy atom. The van der Waals surface area contributed by atoms with Crippen molar-refractivity contribution in [1.29, 1.82) is 0 Å². The maximum atomic E-state index is 5.59. The molecule has 4 heteroatoms. The lowest BCUT2D eigenvalue weighted by Gasteiger charge is -2.46. The van der Waals surface area contributed by atoms with Gasteiger partial charge in [-0.3, -0.25) is 4.98 Å². The summed E-state index contributed by atoms with van der Waals surface area (Å²) in [5, 5.41) is 3.62. The predicted molar refractivity (Wildman–Crippen MR) is 310 cm³/mol. The molecule has 0 saturated heterocycles. The van der Waals surface area contributed by atoms with Gasteiger partial charge in [-0.05, 0) is 109 Å². The van der Waals surface area contributed by atoms with Crippen molar-refractivity contribution in [3.8, 4) is 39.1 Å². The zero-order valence-corrected chi connectivity index (χ0v) is 40.5. The molecule has 0 amide bonds. The maximum Gasteiger partial charge on any atom is 0.244 e. The molecular weight excluding hydrogens is 894 g/mol. The number of aromatic nitrogens is 2. The van der Waals surface area contributed by atoms with E-state index in [1.807, 2.05) is 0 Å². The van der Waals surface area contributed by atoms with Gasteiger partial charge in [0.1, 0.15) is 0 Å². The summed E-state index contributed by atoms with van der Waals surface area (Å²) in [6, 6.07) is 101. The van der Waals surface area contributed by atoms with Crippen molar-refractivity contribution in [1.82, 2.24) is 9.55 Å². The first-order valence-corrected chi connectivity index (χ1v) is 25.7. The molecule has 13 aromatic rings. The van der Waals surface area contributed by atoms with E-state index in [-0.39, 0.29) is 6.71 Å². The second kappa shape index (κ2) is 16.8. The van der Waals surface area contributed by atoms with Crippen molar-refractivity contribution in [2.75, 3.05) is 4.90 Å². The maximum absolute atomic E-state index is 5.59. The zero-order chi connectivity index (χ0) is 48.7. The lowest BCUT2D eigenvalue weighted by atomic mass is 9.37. The van der Waals surface area contributed by atoms with Crippen LogP contribution >= 0.6 is 0 Å². The van der Waals surface area contributed by atoms with E-state index in [0.717, 1.165) is 44.7 Å². The normalized spacial score (nSPS) is 13.2. The van der Waals surface area contributed by atoms with Gasteiger partial charge in [0.15, 0.2) is 0 Å². The molecule has 4 heterocycles. The SMILES string of the molecule is c1ccc(-c2cccc3c2B(c2ccc4c(c2)c2ncc(N5c6ccccc6C(c6ccccc6)(c6ccccc6)c6ccccc65)cc2n4-c2ccccc2)c2c-3cc3ccccc3c2-c2ccccc2)cc1. The molecule has 0 fully saturated rings. The van der Waals surface area contributed by atoms with Crippen molar-refractivity contribution in [3.05, 3.63) is 301 Å². The van der Waals surface area contributed by atoms with Gasteiger partial charge in [-0.25, -0.2) is 0 Å². The van der Waals surface area contributed by atoms with Gasteiger partial charge in [-0.1, -0.05) is 247 Å². The Labute approximate surface area is 431 Å². The smallest absolute Gasteiger partial charge is 0.244 e. The van der Waals surface area contributed by atoms with Crippen LogP contribution in [-0.2, 0) is 5.41 Å². The molecule has 15 rings (SSSR count). The fourth-order valence-electron chi connectivity index (χ4n) is 13.0. The van der Waals surface area contributed by atoms with Crippen LogP contribution in [0, 0.1) is 0 Å².